The molecule has 2 aliphatic rings. The van der Waals surface area contributed by atoms with Crippen LogP contribution in [0.15, 0.2) is 18.2 Å². The van der Waals surface area contributed by atoms with Crippen LogP contribution in [0, 0.1) is 6.92 Å². The second-order valence-electron chi connectivity index (χ2n) is 6.69. The van der Waals surface area contributed by atoms with Crippen molar-refractivity contribution < 1.29 is 9.90 Å². The van der Waals surface area contributed by atoms with Crippen LogP contribution in [0.1, 0.15) is 54.4 Å². The van der Waals surface area contributed by atoms with E-state index in [9.17, 15) is 9.90 Å². The molecule has 22 heavy (non-hydrogen) atoms. The van der Waals surface area contributed by atoms with Crippen LogP contribution in [0.2, 0.25) is 0 Å². The zero-order valence-corrected chi connectivity index (χ0v) is 13.3. The number of benzene rings is 1. The molecule has 0 radical (unpaired) electrons. The molecule has 1 saturated heterocycles. The van der Waals surface area contributed by atoms with Crippen LogP contribution in [0.3, 0.4) is 0 Å². The molecule has 4 heteroatoms. The number of hydrogen-bond acceptors (Lipinski definition) is 3. The minimum atomic E-state index is -0.188. The first kappa shape index (κ1) is 15.3. The van der Waals surface area contributed by atoms with Crippen LogP contribution in [0.25, 0.3) is 0 Å². The normalized spacial score (nSPS) is 25.3. The Balaban J connectivity index is 1.74. The Hall–Kier alpha value is -1.55. The second kappa shape index (κ2) is 6.69. The molecule has 1 aromatic carbocycles. The fourth-order valence-electron chi connectivity index (χ4n) is 3.55. The predicted molar refractivity (Wildman–Crippen MR) is 88.4 cm³/mol. The van der Waals surface area contributed by atoms with E-state index in [0.717, 1.165) is 55.6 Å². The number of amides is 1. The first-order valence-corrected chi connectivity index (χ1v) is 8.48. The molecule has 1 saturated carbocycles. The third kappa shape index (κ3) is 3.43. The Bertz CT molecular complexity index is 530. The summed E-state index contributed by atoms with van der Waals surface area (Å²) >= 11 is 0. The Kier molecular flexibility index (Phi) is 4.67. The summed E-state index contributed by atoms with van der Waals surface area (Å²) in [5.74, 6) is 0.0342. The number of rotatable bonds is 3. The fourth-order valence-corrected chi connectivity index (χ4v) is 3.55. The van der Waals surface area contributed by atoms with Gasteiger partial charge >= 0.3 is 0 Å². The van der Waals surface area contributed by atoms with Crippen LogP contribution in [0.4, 0.5) is 5.69 Å². The maximum absolute atomic E-state index is 12.7. The number of carbonyl (C=O) groups excluding carboxylic acids is 1. The minimum absolute atomic E-state index is 0.0342. The fraction of sp³-hybridized carbons (Fsp3) is 0.611. The molecule has 1 heterocycles. The van der Waals surface area contributed by atoms with Crippen molar-refractivity contribution in [3.05, 3.63) is 29.3 Å². The highest BCUT2D eigenvalue weighted by Crippen LogP contribution is 2.26. The van der Waals surface area contributed by atoms with Crippen molar-refractivity contribution in [2.45, 2.75) is 57.6 Å². The maximum Gasteiger partial charge on any atom is 0.253 e. The number of anilines is 1. The third-order valence-electron chi connectivity index (χ3n) is 4.88. The van der Waals surface area contributed by atoms with E-state index in [0.29, 0.717) is 0 Å². The molecule has 4 nitrogen and oxygen atoms in total. The minimum Gasteiger partial charge on any atom is -0.393 e. The van der Waals surface area contributed by atoms with Crippen molar-refractivity contribution in [1.82, 2.24) is 5.32 Å². The second-order valence-corrected chi connectivity index (χ2v) is 6.69. The molecule has 0 spiro atoms. The van der Waals surface area contributed by atoms with Gasteiger partial charge in [-0.25, -0.2) is 0 Å². The van der Waals surface area contributed by atoms with Crippen molar-refractivity contribution in [2.24, 2.45) is 0 Å². The Morgan fingerprint density at radius 1 is 1.18 bits per heavy atom. The first-order valence-electron chi connectivity index (χ1n) is 8.48. The van der Waals surface area contributed by atoms with Crippen molar-refractivity contribution >= 4 is 11.6 Å². The SMILES string of the molecule is Cc1ccc(N2CCCC2)c(C(=O)NC2CCC(O)CC2)c1. The van der Waals surface area contributed by atoms with E-state index < -0.39 is 0 Å². The number of hydrogen-bond donors (Lipinski definition) is 2. The van der Waals surface area contributed by atoms with Gasteiger partial charge in [0, 0.05) is 24.8 Å². The topological polar surface area (TPSA) is 52.6 Å². The molecule has 1 aliphatic carbocycles. The molecule has 0 bridgehead atoms. The van der Waals surface area contributed by atoms with Crippen LogP contribution in [-0.2, 0) is 0 Å². The van der Waals surface area contributed by atoms with Gasteiger partial charge in [0.1, 0.15) is 0 Å². The summed E-state index contributed by atoms with van der Waals surface area (Å²) in [4.78, 5) is 15.0. The largest absolute Gasteiger partial charge is 0.393 e. The zero-order valence-electron chi connectivity index (χ0n) is 13.3. The summed E-state index contributed by atoms with van der Waals surface area (Å²) in [6.45, 7) is 4.11. The molecular weight excluding hydrogens is 276 g/mol. The van der Waals surface area contributed by atoms with Gasteiger partial charge in [-0.15, -0.1) is 0 Å². The molecule has 0 aromatic heterocycles. The van der Waals surface area contributed by atoms with Gasteiger partial charge in [-0.2, -0.15) is 0 Å². The highest BCUT2D eigenvalue weighted by atomic mass is 16.3. The van der Waals surface area contributed by atoms with Crippen LogP contribution in [-0.4, -0.2) is 36.2 Å². The van der Waals surface area contributed by atoms with Gasteiger partial charge in [-0.3, -0.25) is 4.79 Å². The third-order valence-corrected chi connectivity index (χ3v) is 4.88. The van der Waals surface area contributed by atoms with Gasteiger partial charge in [-0.1, -0.05) is 11.6 Å². The average Bonchev–Trinajstić information content (AvgIpc) is 3.03. The summed E-state index contributed by atoms with van der Waals surface area (Å²) in [7, 11) is 0. The lowest BCUT2D eigenvalue weighted by atomic mass is 9.93. The van der Waals surface area contributed by atoms with E-state index in [1.54, 1.807) is 0 Å². The first-order chi connectivity index (χ1) is 10.6. The molecule has 2 N–H and O–H groups in total. The van der Waals surface area contributed by atoms with E-state index in [1.165, 1.54) is 12.8 Å². The predicted octanol–water partition coefficient (Wildman–Crippen LogP) is 2.63. The number of aliphatic hydroxyl groups excluding tert-OH is 1. The monoisotopic (exact) mass is 302 g/mol. The summed E-state index contributed by atoms with van der Waals surface area (Å²) in [6.07, 6.45) is 5.54. The van der Waals surface area contributed by atoms with Crippen LogP contribution < -0.4 is 10.2 Å². The van der Waals surface area contributed by atoms with Gasteiger partial charge in [-0.05, 0) is 57.6 Å². The average molecular weight is 302 g/mol. The molecule has 1 amide bonds. The molecule has 0 unspecified atom stereocenters. The Labute approximate surface area is 132 Å². The standard InChI is InChI=1S/C18H26N2O2/c1-13-4-9-17(20-10-2-3-11-20)16(12-13)18(22)19-14-5-7-15(21)8-6-14/h4,9,12,14-15,21H,2-3,5-8,10-11H2,1H3,(H,19,22). The molecular formula is C18H26N2O2. The highest BCUT2D eigenvalue weighted by molar-refractivity contribution is 6.00. The van der Waals surface area contributed by atoms with Gasteiger partial charge < -0.3 is 15.3 Å². The molecule has 3 rings (SSSR count). The molecule has 120 valence electrons. The highest BCUT2D eigenvalue weighted by Gasteiger charge is 2.24. The van der Waals surface area contributed by atoms with Crippen molar-refractivity contribution in [2.75, 3.05) is 18.0 Å². The number of aliphatic hydroxyl groups is 1. The summed E-state index contributed by atoms with van der Waals surface area (Å²) in [5, 5.41) is 12.8. The molecule has 1 aliphatic heterocycles. The number of nitrogens with one attached hydrogen (secondary N) is 1. The summed E-state index contributed by atoms with van der Waals surface area (Å²) in [6, 6.07) is 6.37. The van der Waals surface area contributed by atoms with Crippen LogP contribution >= 0.6 is 0 Å². The van der Waals surface area contributed by atoms with E-state index in [1.807, 2.05) is 13.0 Å². The molecule has 2 fully saturated rings. The Morgan fingerprint density at radius 2 is 1.86 bits per heavy atom. The number of nitrogens with zero attached hydrogens (tertiary/aromatic N) is 1. The van der Waals surface area contributed by atoms with Crippen molar-refractivity contribution in [1.29, 1.82) is 0 Å². The number of aryl methyl sites for hydroxylation is 1. The van der Waals surface area contributed by atoms with Crippen LogP contribution in [0.5, 0.6) is 0 Å². The van der Waals surface area contributed by atoms with Gasteiger partial charge in [0.25, 0.3) is 5.91 Å². The van der Waals surface area contributed by atoms with Crippen molar-refractivity contribution in [3.63, 3.8) is 0 Å². The lowest BCUT2D eigenvalue weighted by molar-refractivity contribution is 0.0868. The lowest BCUT2D eigenvalue weighted by Gasteiger charge is -2.27. The van der Waals surface area contributed by atoms with E-state index in [-0.39, 0.29) is 18.1 Å². The summed E-state index contributed by atoms with van der Waals surface area (Å²) in [5.41, 5.74) is 2.98. The smallest absolute Gasteiger partial charge is 0.253 e. The van der Waals surface area contributed by atoms with E-state index in [4.69, 9.17) is 0 Å². The van der Waals surface area contributed by atoms with E-state index >= 15 is 0 Å². The number of carbonyl (C=O) groups is 1. The van der Waals surface area contributed by atoms with E-state index in [2.05, 4.69) is 22.3 Å². The van der Waals surface area contributed by atoms with Gasteiger partial charge in [0.2, 0.25) is 0 Å². The molecule has 1 aromatic rings. The summed E-state index contributed by atoms with van der Waals surface area (Å²) < 4.78 is 0. The van der Waals surface area contributed by atoms with Gasteiger partial charge in [0.05, 0.1) is 11.7 Å². The molecule has 0 atom stereocenters. The maximum atomic E-state index is 12.7. The van der Waals surface area contributed by atoms with Crippen molar-refractivity contribution in [3.8, 4) is 0 Å². The lowest BCUT2D eigenvalue weighted by Crippen LogP contribution is -2.39. The Morgan fingerprint density at radius 3 is 2.55 bits per heavy atom. The zero-order chi connectivity index (χ0) is 15.5. The quantitative estimate of drug-likeness (QED) is 0.902. The van der Waals surface area contributed by atoms with Gasteiger partial charge in [0.15, 0.2) is 0 Å².